The van der Waals surface area contributed by atoms with E-state index in [9.17, 15) is 15.2 Å². The van der Waals surface area contributed by atoms with Crippen LogP contribution in [-0.4, -0.2) is 16.6 Å². The number of hydrogen-bond acceptors (Lipinski definition) is 3. The van der Waals surface area contributed by atoms with Gasteiger partial charge in [0, 0.05) is 15.5 Å². The highest BCUT2D eigenvalue weighted by Gasteiger charge is 2.25. The number of nitro groups is 1. The topological polar surface area (TPSA) is 63.4 Å². The fourth-order valence-electron chi connectivity index (χ4n) is 2.86. The van der Waals surface area contributed by atoms with E-state index in [1.807, 2.05) is 24.3 Å². The average molecular weight is 328 g/mol. The second-order valence-electron chi connectivity index (χ2n) is 5.34. The summed E-state index contributed by atoms with van der Waals surface area (Å²) in [6, 6.07) is 17.9. The Morgan fingerprint density at radius 1 is 1.04 bits per heavy atom. The normalized spacial score (nSPS) is 12.2. The van der Waals surface area contributed by atoms with Crippen molar-refractivity contribution in [2.24, 2.45) is 0 Å². The molecule has 1 atom stereocenters. The molecule has 0 unspecified atom stereocenters. The fraction of sp³-hybridized carbons (Fsp3) is 0.111. The molecule has 0 spiro atoms. The summed E-state index contributed by atoms with van der Waals surface area (Å²) in [6.07, 6.45) is 0. The molecule has 0 radical (unpaired) electrons. The first-order chi connectivity index (χ1) is 11.1. The van der Waals surface area contributed by atoms with Gasteiger partial charge in [-0.05, 0) is 34.5 Å². The first kappa shape index (κ1) is 15.3. The molecule has 0 amide bonds. The standard InChI is InChI=1S/C18H14ClNO3/c19-14-8-5-13(6-9-14)16(11-20(22)23)18-15-4-2-1-3-12(15)7-10-17(18)21/h1-10,16,21H,11H2/t16-/m0/s1. The molecule has 0 fully saturated rings. The van der Waals surface area contributed by atoms with Crippen LogP contribution in [0.15, 0.2) is 60.7 Å². The Morgan fingerprint density at radius 3 is 2.43 bits per heavy atom. The van der Waals surface area contributed by atoms with Crippen molar-refractivity contribution in [1.82, 2.24) is 0 Å². The molecule has 0 bridgehead atoms. The van der Waals surface area contributed by atoms with Crippen LogP contribution in [0.5, 0.6) is 5.75 Å². The van der Waals surface area contributed by atoms with Crippen LogP contribution in [0.3, 0.4) is 0 Å². The third-order valence-corrected chi connectivity index (χ3v) is 4.15. The maximum absolute atomic E-state index is 11.2. The molecule has 0 aliphatic heterocycles. The molecule has 0 saturated heterocycles. The number of rotatable bonds is 4. The Balaban J connectivity index is 2.22. The Morgan fingerprint density at radius 2 is 1.74 bits per heavy atom. The van der Waals surface area contributed by atoms with Gasteiger partial charge in [-0.2, -0.15) is 0 Å². The zero-order chi connectivity index (χ0) is 16.4. The predicted molar refractivity (Wildman–Crippen MR) is 90.8 cm³/mol. The van der Waals surface area contributed by atoms with Gasteiger partial charge in [-0.3, -0.25) is 10.1 Å². The van der Waals surface area contributed by atoms with Gasteiger partial charge in [-0.15, -0.1) is 0 Å². The highest BCUT2D eigenvalue weighted by Crippen LogP contribution is 2.37. The molecule has 23 heavy (non-hydrogen) atoms. The van der Waals surface area contributed by atoms with Gasteiger partial charge in [0.25, 0.3) is 0 Å². The molecular weight excluding hydrogens is 314 g/mol. The molecule has 0 aliphatic rings. The first-order valence-corrected chi connectivity index (χ1v) is 7.52. The quantitative estimate of drug-likeness (QED) is 0.562. The van der Waals surface area contributed by atoms with Crippen molar-refractivity contribution >= 4 is 22.4 Å². The highest BCUT2D eigenvalue weighted by atomic mass is 35.5. The minimum Gasteiger partial charge on any atom is -0.508 e. The largest absolute Gasteiger partial charge is 0.508 e. The lowest BCUT2D eigenvalue weighted by Crippen LogP contribution is -2.14. The lowest BCUT2D eigenvalue weighted by atomic mass is 9.87. The van der Waals surface area contributed by atoms with E-state index in [0.29, 0.717) is 10.6 Å². The Hall–Kier alpha value is -2.59. The molecule has 116 valence electrons. The summed E-state index contributed by atoms with van der Waals surface area (Å²) in [6.45, 7) is -0.302. The molecule has 3 rings (SSSR count). The molecule has 0 aliphatic carbocycles. The number of benzene rings is 3. The lowest BCUT2D eigenvalue weighted by molar-refractivity contribution is -0.481. The van der Waals surface area contributed by atoms with E-state index >= 15 is 0 Å². The Bertz CT molecular complexity index is 862. The van der Waals surface area contributed by atoms with Crippen molar-refractivity contribution in [1.29, 1.82) is 0 Å². The van der Waals surface area contributed by atoms with Crippen LogP contribution < -0.4 is 0 Å². The lowest BCUT2D eigenvalue weighted by Gasteiger charge is -2.18. The molecule has 3 aromatic carbocycles. The number of phenols is 1. The van der Waals surface area contributed by atoms with E-state index in [-0.39, 0.29) is 17.2 Å². The molecule has 0 saturated carbocycles. The molecule has 0 aromatic heterocycles. The van der Waals surface area contributed by atoms with Crippen LogP contribution >= 0.6 is 11.6 Å². The summed E-state index contributed by atoms with van der Waals surface area (Å²) >= 11 is 5.91. The van der Waals surface area contributed by atoms with E-state index in [0.717, 1.165) is 16.3 Å². The SMILES string of the molecule is O=[N+]([O-])C[C@@H](c1ccc(Cl)cc1)c1c(O)ccc2ccccc12. The molecule has 5 heteroatoms. The van der Waals surface area contributed by atoms with Gasteiger partial charge in [0.15, 0.2) is 0 Å². The van der Waals surface area contributed by atoms with Crippen molar-refractivity contribution in [3.05, 3.63) is 86.9 Å². The van der Waals surface area contributed by atoms with Crippen LogP contribution in [0.25, 0.3) is 10.8 Å². The second kappa shape index (κ2) is 6.26. The van der Waals surface area contributed by atoms with Gasteiger partial charge < -0.3 is 5.11 Å². The van der Waals surface area contributed by atoms with Crippen molar-refractivity contribution in [2.45, 2.75) is 5.92 Å². The zero-order valence-electron chi connectivity index (χ0n) is 12.1. The van der Waals surface area contributed by atoms with E-state index in [2.05, 4.69) is 0 Å². The van der Waals surface area contributed by atoms with E-state index in [1.165, 1.54) is 0 Å². The maximum atomic E-state index is 11.2. The summed E-state index contributed by atoms with van der Waals surface area (Å²) in [7, 11) is 0. The second-order valence-corrected chi connectivity index (χ2v) is 5.78. The van der Waals surface area contributed by atoms with Gasteiger partial charge in [-0.1, -0.05) is 54.1 Å². The Kier molecular flexibility index (Phi) is 4.17. The number of hydrogen-bond donors (Lipinski definition) is 1. The number of phenolic OH excluding ortho intramolecular Hbond substituents is 1. The minimum absolute atomic E-state index is 0.0606. The van der Waals surface area contributed by atoms with Gasteiger partial charge in [0.05, 0.1) is 5.92 Å². The number of nitrogens with zero attached hydrogens (tertiary/aromatic N) is 1. The van der Waals surface area contributed by atoms with Crippen molar-refractivity contribution < 1.29 is 10.0 Å². The Labute approximate surface area is 138 Å². The summed E-state index contributed by atoms with van der Waals surface area (Å²) in [4.78, 5) is 10.8. The van der Waals surface area contributed by atoms with Gasteiger partial charge in [0.2, 0.25) is 6.54 Å². The number of fused-ring (bicyclic) bond motifs is 1. The summed E-state index contributed by atoms with van der Waals surface area (Å²) in [5.41, 5.74) is 1.32. The van der Waals surface area contributed by atoms with Crippen LogP contribution in [-0.2, 0) is 0 Å². The van der Waals surface area contributed by atoms with E-state index in [1.54, 1.807) is 36.4 Å². The van der Waals surface area contributed by atoms with E-state index < -0.39 is 5.92 Å². The zero-order valence-corrected chi connectivity index (χ0v) is 12.9. The monoisotopic (exact) mass is 327 g/mol. The predicted octanol–water partition coefficient (Wildman–Crippen LogP) is 4.61. The van der Waals surface area contributed by atoms with Crippen LogP contribution in [0.4, 0.5) is 0 Å². The van der Waals surface area contributed by atoms with Crippen molar-refractivity contribution in [3.8, 4) is 5.75 Å². The maximum Gasteiger partial charge on any atom is 0.214 e. The minimum atomic E-state index is -0.548. The third-order valence-electron chi connectivity index (χ3n) is 3.90. The number of aromatic hydroxyl groups is 1. The molecule has 4 nitrogen and oxygen atoms in total. The summed E-state index contributed by atoms with van der Waals surface area (Å²) in [5, 5.41) is 23.8. The fourth-order valence-corrected chi connectivity index (χ4v) is 2.98. The molecular formula is C18H14ClNO3. The highest BCUT2D eigenvalue weighted by molar-refractivity contribution is 6.30. The molecule has 0 heterocycles. The van der Waals surface area contributed by atoms with Crippen molar-refractivity contribution in [3.63, 3.8) is 0 Å². The molecule has 1 N–H and O–H groups in total. The van der Waals surface area contributed by atoms with Crippen LogP contribution in [0.2, 0.25) is 5.02 Å². The summed E-state index contributed by atoms with van der Waals surface area (Å²) < 4.78 is 0. The van der Waals surface area contributed by atoms with Crippen LogP contribution in [0, 0.1) is 10.1 Å². The van der Waals surface area contributed by atoms with Gasteiger partial charge in [0.1, 0.15) is 5.75 Å². The smallest absolute Gasteiger partial charge is 0.214 e. The average Bonchev–Trinajstić information content (AvgIpc) is 2.54. The van der Waals surface area contributed by atoms with Crippen LogP contribution in [0.1, 0.15) is 17.0 Å². The van der Waals surface area contributed by atoms with E-state index in [4.69, 9.17) is 11.6 Å². The summed E-state index contributed by atoms with van der Waals surface area (Å²) in [5.74, 6) is -0.487. The van der Waals surface area contributed by atoms with Crippen molar-refractivity contribution in [2.75, 3.05) is 6.54 Å². The third kappa shape index (κ3) is 3.12. The molecule has 3 aromatic rings. The first-order valence-electron chi connectivity index (χ1n) is 7.14. The van der Waals surface area contributed by atoms with Gasteiger partial charge >= 0.3 is 0 Å². The van der Waals surface area contributed by atoms with Gasteiger partial charge in [-0.25, -0.2) is 0 Å². The number of halogens is 1.